The van der Waals surface area contributed by atoms with Crippen molar-refractivity contribution in [3.05, 3.63) is 9.12 Å². The molecule has 0 rings (SSSR count). The summed E-state index contributed by atoms with van der Waals surface area (Å²) >= 11 is 7.15. The molecule has 2 nitrogen and oxygen atoms in total. The Morgan fingerprint density at radius 1 is 1.88 bits per heavy atom. The molecule has 0 aromatic carbocycles. The minimum absolute atomic E-state index is 0.105. The van der Waals surface area contributed by atoms with Crippen LogP contribution in [0.2, 0.25) is 0 Å². The fourth-order valence-electron chi connectivity index (χ4n) is 0.142. The molecule has 0 saturated carbocycles. The van der Waals surface area contributed by atoms with Gasteiger partial charge < -0.3 is 4.74 Å². The second-order valence-electron chi connectivity index (χ2n) is 0.949. The summed E-state index contributed by atoms with van der Waals surface area (Å²) in [6.07, 6.45) is 0. The zero-order valence-electron chi connectivity index (χ0n) is 4.15. The molecule has 0 bridgehead atoms. The fraction of sp³-hybridized carbons (Fsp3) is 0.250. The first kappa shape index (κ1) is 8.23. The highest BCUT2D eigenvalue weighted by molar-refractivity contribution is 14.1. The van der Waals surface area contributed by atoms with Gasteiger partial charge in [0, 0.05) is 4.08 Å². The van der Waals surface area contributed by atoms with Crippen molar-refractivity contribution < 1.29 is 9.53 Å². The van der Waals surface area contributed by atoms with Gasteiger partial charge in [-0.1, -0.05) is 34.2 Å². The van der Waals surface area contributed by atoms with Crippen LogP contribution in [0.1, 0.15) is 0 Å². The normalized spacial score (nSPS) is 11.1. The third-order valence-corrected chi connectivity index (χ3v) is 1.73. The highest BCUT2D eigenvalue weighted by Gasteiger charge is 2.02. The van der Waals surface area contributed by atoms with E-state index < -0.39 is 5.97 Å². The topological polar surface area (TPSA) is 26.3 Å². The standard InChI is InChI=1S/C4H4ClIO2/c1-8-4(7)3(5)2-6/h2H,1H3. The molecule has 8 heavy (non-hydrogen) atoms. The molecule has 0 atom stereocenters. The van der Waals surface area contributed by atoms with Gasteiger partial charge in [-0.05, 0) is 0 Å². The Morgan fingerprint density at radius 2 is 2.38 bits per heavy atom. The number of carbonyl (C=O) groups excluding carboxylic acids is 1. The molecule has 0 fully saturated rings. The lowest BCUT2D eigenvalue weighted by atomic mass is 10.7. The van der Waals surface area contributed by atoms with Gasteiger partial charge in [0.05, 0.1) is 7.11 Å². The lowest BCUT2D eigenvalue weighted by Gasteiger charge is -1.90. The van der Waals surface area contributed by atoms with Gasteiger partial charge >= 0.3 is 5.97 Å². The smallest absolute Gasteiger partial charge is 0.349 e. The number of hydrogen-bond acceptors (Lipinski definition) is 2. The molecule has 0 amide bonds. The van der Waals surface area contributed by atoms with Crippen molar-refractivity contribution in [1.29, 1.82) is 0 Å². The number of methoxy groups -OCH3 is 1. The quantitative estimate of drug-likeness (QED) is 0.400. The molecule has 0 aliphatic heterocycles. The number of carbonyl (C=O) groups is 1. The highest BCUT2D eigenvalue weighted by atomic mass is 127. The summed E-state index contributed by atoms with van der Waals surface area (Å²) in [6.45, 7) is 0. The summed E-state index contributed by atoms with van der Waals surface area (Å²) < 4.78 is 5.71. The third-order valence-electron chi connectivity index (χ3n) is 0.476. The SMILES string of the molecule is COC(=O)C(Cl)=CI. The summed E-state index contributed by atoms with van der Waals surface area (Å²) in [5.74, 6) is -0.499. The molecule has 0 aliphatic rings. The van der Waals surface area contributed by atoms with Crippen LogP contribution in [0.3, 0.4) is 0 Å². The third kappa shape index (κ3) is 2.52. The van der Waals surface area contributed by atoms with Crippen LogP contribution in [-0.4, -0.2) is 13.1 Å². The molecule has 0 saturated heterocycles. The van der Waals surface area contributed by atoms with E-state index in [1.165, 1.54) is 11.2 Å². The van der Waals surface area contributed by atoms with Crippen molar-refractivity contribution in [3.8, 4) is 0 Å². The van der Waals surface area contributed by atoms with Crippen LogP contribution >= 0.6 is 34.2 Å². The number of halogens is 2. The summed E-state index contributed by atoms with van der Waals surface area (Å²) in [5, 5.41) is 0.105. The van der Waals surface area contributed by atoms with Crippen LogP contribution in [-0.2, 0) is 9.53 Å². The average Bonchev–Trinajstić information content (AvgIpc) is 1.84. The minimum Gasteiger partial charge on any atom is -0.465 e. The zero-order valence-corrected chi connectivity index (χ0v) is 7.06. The van der Waals surface area contributed by atoms with Crippen molar-refractivity contribution in [2.75, 3.05) is 7.11 Å². The second kappa shape index (κ2) is 4.14. The van der Waals surface area contributed by atoms with Crippen molar-refractivity contribution in [2.45, 2.75) is 0 Å². The van der Waals surface area contributed by atoms with Crippen LogP contribution in [0.15, 0.2) is 9.12 Å². The first-order chi connectivity index (χ1) is 3.72. The van der Waals surface area contributed by atoms with Gasteiger partial charge in [-0.25, -0.2) is 4.79 Å². The second-order valence-corrected chi connectivity index (χ2v) is 1.98. The maximum absolute atomic E-state index is 10.3. The molecule has 0 heterocycles. The number of esters is 1. The van der Waals surface area contributed by atoms with E-state index in [1.807, 2.05) is 22.6 Å². The first-order valence-corrected chi connectivity index (χ1v) is 3.39. The summed E-state index contributed by atoms with van der Waals surface area (Å²) in [5.41, 5.74) is 0. The molecule has 0 N–H and O–H groups in total. The van der Waals surface area contributed by atoms with Gasteiger partial charge in [0.25, 0.3) is 0 Å². The maximum atomic E-state index is 10.3. The molecule has 0 spiro atoms. The summed E-state index contributed by atoms with van der Waals surface area (Å²) in [7, 11) is 1.28. The van der Waals surface area contributed by atoms with E-state index in [0.717, 1.165) is 0 Å². The average molecular weight is 246 g/mol. The zero-order chi connectivity index (χ0) is 6.57. The van der Waals surface area contributed by atoms with E-state index in [2.05, 4.69) is 4.74 Å². The summed E-state index contributed by atoms with van der Waals surface area (Å²) in [6, 6.07) is 0. The van der Waals surface area contributed by atoms with Gasteiger partial charge in [-0.3, -0.25) is 0 Å². The van der Waals surface area contributed by atoms with Crippen LogP contribution in [0.4, 0.5) is 0 Å². The Labute approximate surface area is 66.0 Å². The van der Waals surface area contributed by atoms with Gasteiger partial charge in [0.2, 0.25) is 0 Å². The molecule has 4 heteroatoms. The van der Waals surface area contributed by atoms with E-state index in [-0.39, 0.29) is 5.03 Å². The van der Waals surface area contributed by atoms with Gasteiger partial charge in [-0.15, -0.1) is 0 Å². The number of hydrogen-bond donors (Lipinski definition) is 0. The van der Waals surface area contributed by atoms with Crippen molar-refractivity contribution in [1.82, 2.24) is 0 Å². The Hall–Kier alpha value is 0.230. The molecule has 0 radical (unpaired) electrons. The monoisotopic (exact) mass is 246 g/mol. The van der Waals surface area contributed by atoms with Crippen molar-refractivity contribution >= 4 is 40.2 Å². The maximum Gasteiger partial charge on any atom is 0.349 e. The Kier molecular flexibility index (Phi) is 4.26. The first-order valence-electron chi connectivity index (χ1n) is 1.76. The van der Waals surface area contributed by atoms with E-state index in [1.54, 1.807) is 0 Å². The molecular weight excluding hydrogens is 242 g/mol. The lowest BCUT2D eigenvalue weighted by Crippen LogP contribution is -1.97. The summed E-state index contributed by atoms with van der Waals surface area (Å²) in [4.78, 5) is 10.3. The van der Waals surface area contributed by atoms with Gasteiger partial charge in [0.1, 0.15) is 5.03 Å². The van der Waals surface area contributed by atoms with E-state index in [4.69, 9.17) is 11.6 Å². The molecule has 0 aromatic rings. The van der Waals surface area contributed by atoms with Gasteiger partial charge in [-0.2, -0.15) is 0 Å². The minimum atomic E-state index is -0.499. The van der Waals surface area contributed by atoms with Crippen LogP contribution in [0, 0.1) is 0 Å². The number of rotatable bonds is 1. The van der Waals surface area contributed by atoms with E-state index in [0.29, 0.717) is 0 Å². The van der Waals surface area contributed by atoms with Crippen LogP contribution < -0.4 is 0 Å². The molecule has 0 aliphatic carbocycles. The molecular formula is C4H4ClIO2. The van der Waals surface area contributed by atoms with Crippen LogP contribution in [0.5, 0.6) is 0 Å². The van der Waals surface area contributed by atoms with Gasteiger partial charge in [0.15, 0.2) is 0 Å². The van der Waals surface area contributed by atoms with Crippen LogP contribution in [0.25, 0.3) is 0 Å². The highest BCUT2D eigenvalue weighted by Crippen LogP contribution is 2.05. The lowest BCUT2D eigenvalue weighted by molar-refractivity contribution is -0.135. The molecule has 46 valence electrons. The fourth-order valence-corrected chi connectivity index (χ4v) is 0.473. The Morgan fingerprint density at radius 3 is 2.50 bits per heavy atom. The Bertz CT molecular complexity index is 121. The van der Waals surface area contributed by atoms with Crippen molar-refractivity contribution in [3.63, 3.8) is 0 Å². The largest absolute Gasteiger partial charge is 0.465 e. The Balaban J connectivity index is 3.83. The van der Waals surface area contributed by atoms with E-state index >= 15 is 0 Å². The predicted molar refractivity (Wildman–Crippen MR) is 40.0 cm³/mol. The predicted octanol–water partition coefficient (Wildman–Crippen LogP) is 1.67. The number of ether oxygens (including phenoxy) is 1. The molecule has 0 unspecified atom stereocenters. The molecule has 0 aromatic heterocycles. The van der Waals surface area contributed by atoms with Crippen molar-refractivity contribution in [2.24, 2.45) is 0 Å². The van der Waals surface area contributed by atoms with E-state index in [9.17, 15) is 4.79 Å².